The average Bonchev–Trinajstić information content (AvgIpc) is 3.42. The Bertz CT molecular complexity index is 1250. The minimum atomic E-state index is -0.175. The highest BCUT2D eigenvalue weighted by molar-refractivity contribution is 7.99. The van der Waals surface area contributed by atoms with E-state index < -0.39 is 0 Å². The number of hydrogen-bond acceptors (Lipinski definition) is 5. The summed E-state index contributed by atoms with van der Waals surface area (Å²) in [6.45, 7) is 0.605. The summed E-state index contributed by atoms with van der Waals surface area (Å²) in [5, 5.41) is 3.99. The predicted molar refractivity (Wildman–Crippen MR) is 119 cm³/mol. The number of benzene rings is 3. The molecule has 0 aliphatic carbocycles. The van der Waals surface area contributed by atoms with E-state index in [1.165, 1.54) is 0 Å². The summed E-state index contributed by atoms with van der Waals surface area (Å²) >= 11 is 1.56. The van der Waals surface area contributed by atoms with Crippen LogP contribution in [0.25, 0.3) is 10.9 Å². The van der Waals surface area contributed by atoms with Gasteiger partial charge in [-0.3, -0.25) is 4.79 Å². The number of aromatic amines is 1. The first kappa shape index (κ1) is 19.4. The monoisotopic (exact) mass is 432 g/mol. The van der Waals surface area contributed by atoms with Crippen molar-refractivity contribution in [3.63, 3.8) is 0 Å². The van der Waals surface area contributed by atoms with E-state index in [0.29, 0.717) is 18.0 Å². The molecule has 0 saturated heterocycles. The maximum atomic E-state index is 13.1. The summed E-state index contributed by atoms with van der Waals surface area (Å²) in [6, 6.07) is 21.4. The van der Waals surface area contributed by atoms with Crippen molar-refractivity contribution in [2.24, 2.45) is 0 Å². The normalized spacial score (nSPS) is 12.2. The lowest BCUT2D eigenvalue weighted by Crippen LogP contribution is -2.23. The van der Waals surface area contributed by atoms with Crippen LogP contribution < -0.4 is 19.5 Å². The summed E-state index contributed by atoms with van der Waals surface area (Å²) in [5.41, 5.74) is 2.32. The zero-order valence-corrected chi connectivity index (χ0v) is 17.6. The summed E-state index contributed by atoms with van der Waals surface area (Å²) in [4.78, 5) is 18.4. The number of aromatic nitrogens is 1. The first-order valence-electron chi connectivity index (χ1n) is 9.80. The average molecular weight is 433 g/mol. The van der Waals surface area contributed by atoms with Gasteiger partial charge in [-0.25, -0.2) is 0 Å². The number of rotatable bonds is 6. The lowest BCUT2D eigenvalue weighted by molar-refractivity contribution is 0.0943. The number of H-pyrrole nitrogens is 1. The Morgan fingerprint density at radius 2 is 1.90 bits per heavy atom. The smallest absolute Gasteiger partial charge is 0.269 e. The summed E-state index contributed by atoms with van der Waals surface area (Å²) in [5.74, 6) is 1.98. The second-order valence-corrected chi connectivity index (χ2v) is 8.11. The van der Waals surface area contributed by atoms with Crippen LogP contribution in [0.5, 0.6) is 17.2 Å². The maximum absolute atomic E-state index is 13.1. The molecule has 0 bridgehead atoms. The molecule has 0 fully saturated rings. The zero-order chi connectivity index (χ0) is 21.2. The topological polar surface area (TPSA) is 72.6 Å². The number of nitrogens with one attached hydrogen (secondary N) is 2. The van der Waals surface area contributed by atoms with Gasteiger partial charge in [0, 0.05) is 22.9 Å². The van der Waals surface area contributed by atoms with Crippen molar-refractivity contribution in [3.8, 4) is 17.2 Å². The van der Waals surface area contributed by atoms with Crippen LogP contribution in [0.1, 0.15) is 16.1 Å². The SMILES string of the molecule is COc1ccc2c(Sc3ccccc3)c(C(=O)NCc3ccc4c(c3)OCO4)[nH]c2c1. The fraction of sp³-hybridized carbons (Fsp3) is 0.125. The van der Waals surface area contributed by atoms with Gasteiger partial charge in [-0.1, -0.05) is 36.0 Å². The highest BCUT2D eigenvalue weighted by atomic mass is 32.2. The molecule has 7 heteroatoms. The van der Waals surface area contributed by atoms with Crippen molar-refractivity contribution in [2.45, 2.75) is 16.3 Å². The number of carbonyl (C=O) groups excluding carboxylic acids is 1. The Kier molecular flexibility index (Phi) is 5.18. The molecule has 6 nitrogen and oxygen atoms in total. The second kappa shape index (κ2) is 8.28. The van der Waals surface area contributed by atoms with Crippen LogP contribution in [0.15, 0.2) is 76.5 Å². The van der Waals surface area contributed by atoms with E-state index in [1.807, 2.05) is 66.7 Å². The van der Waals surface area contributed by atoms with Gasteiger partial charge in [-0.05, 0) is 42.0 Å². The van der Waals surface area contributed by atoms with E-state index >= 15 is 0 Å². The fourth-order valence-electron chi connectivity index (χ4n) is 3.47. The third-order valence-electron chi connectivity index (χ3n) is 5.04. The molecule has 1 aliphatic heterocycles. The Balaban J connectivity index is 1.44. The van der Waals surface area contributed by atoms with Gasteiger partial charge in [0.2, 0.25) is 6.79 Å². The number of hydrogen-bond donors (Lipinski definition) is 2. The van der Waals surface area contributed by atoms with Crippen LogP contribution in [0.3, 0.4) is 0 Å². The lowest BCUT2D eigenvalue weighted by Gasteiger charge is -2.08. The fourth-order valence-corrected chi connectivity index (χ4v) is 4.53. The molecule has 1 aromatic heterocycles. The van der Waals surface area contributed by atoms with Crippen molar-refractivity contribution in [1.29, 1.82) is 0 Å². The Labute approximate surface area is 183 Å². The van der Waals surface area contributed by atoms with E-state index in [-0.39, 0.29) is 12.7 Å². The Morgan fingerprint density at radius 1 is 1.06 bits per heavy atom. The summed E-state index contributed by atoms with van der Waals surface area (Å²) in [6.07, 6.45) is 0. The standard InChI is InChI=1S/C24H20N2O4S/c1-28-16-8-9-18-19(12-16)26-22(23(18)31-17-5-3-2-4-6-17)24(27)25-13-15-7-10-20-21(11-15)30-14-29-20/h2-12,26H,13-14H2,1H3,(H,25,27). The van der Waals surface area contributed by atoms with E-state index in [9.17, 15) is 4.79 Å². The molecule has 5 rings (SSSR count). The number of fused-ring (bicyclic) bond motifs is 2. The highest BCUT2D eigenvalue weighted by Crippen LogP contribution is 2.38. The zero-order valence-electron chi connectivity index (χ0n) is 16.8. The molecule has 0 atom stereocenters. The molecule has 2 N–H and O–H groups in total. The molecule has 1 aliphatic rings. The number of carbonyl (C=O) groups is 1. The predicted octanol–water partition coefficient (Wildman–Crippen LogP) is 4.99. The molecule has 4 aromatic rings. The second-order valence-electron chi connectivity index (χ2n) is 7.03. The van der Waals surface area contributed by atoms with Gasteiger partial charge in [0.25, 0.3) is 5.91 Å². The molecule has 1 amide bonds. The van der Waals surface area contributed by atoms with E-state index in [2.05, 4.69) is 10.3 Å². The first-order valence-corrected chi connectivity index (χ1v) is 10.6. The van der Waals surface area contributed by atoms with Gasteiger partial charge in [-0.2, -0.15) is 0 Å². The highest BCUT2D eigenvalue weighted by Gasteiger charge is 2.20. The minimum absolute atomic E-state index is 0.175. The summed E-state index contributed by atoms with van der Waals surface area (Å²) < 4.78 is 16.1. The van der Waals surface area contributed by atoms with Crippen molar-refractivity contribution in [2.75, 3.05) is 13.9 Å². The minimum Gasteiger partial charge on any atom is -0.497 e. The first-order chi connectivity index (χ1) is 15.2. The molecule has 0 saturated carbocycles. The number of ether oxygens (including phenoxy) is 3. The molecule has 156 valence electrons. The molecular weight excluding hydrogens is 412 g/mol. The molecule has 0 spiro atoms. The van der Waals surface area contributed by atoms with Crippen LogP contribution in [-0.2, 0) is 6.54 Å². The van der Waals surface area contributed by atoms with Crippen LogP contribution in [0.2, 0.25) is 0 Å². The number of amides is 1. The van der Waals surface area contributed by atoms with E-state index in [1.54, 1.807) is 18.9 Å². The van der Waals surface area contributed by atoms with Crippen LogP contribution in [-0.4, -0.2) is 24.8 Å². The molecule has 0 unspecified atom stereocenters. The van der Waals surface area contributed by atoms with E-state index in [0.717, 1.165) is 37.8 Å². The Morgan fingerprint density at radius 3 is 2.74 bits per heavy atom. The third kappa shape index (κ3) is 3.92. The van der Waals surface area contributed by atoms with Crippen molar-refractivity contribution < 1.29 is 19.0 Å². The lowest BCUT2D eigenvalue weighted by atomic mass is 10.2. The quantitative estimate of drug-likeness (QED) is 0.449. The molecule has 31 heavy (non-hydrogen) atoms. The molecular formula is C24H20N2O4S. The van der Waals surface area contributed by atoms with Gasteiger partial charge in [0.15, 0.2) is 11.5 Å². The van der Waals surface area contributed by atoms with Gasteiger partial charge in [-0.15, -0.1) is 0 Å². The number of methoxy groups -OCH3 is 1. The van der Waals surface area contributed by atoms with Crippen molar-refractivity contribution in [1.82, 2.24) is 10.3 Å². The third-order valence-corrected chi connectivity index (χ3v) is 6.17. The van der Waals surface area contributed by atoms with Crippen molar-refractivity contribution in [3.05, 3.63) is 78.0 Å². The maximum Gasteiger partial charge on any atom is 0.269 e. The molecule has 3 aromatic carbocycles. The molecule has 0 radical (unpaired) electrons. The van der Waals surface area contributed by atoms with Gasteiger partial charge >= 0.3 is 0 Å². The molecule has 2 heterocycles. The Hall–Kier alpha value is -3.58. The van der Waals surface area contributed by atoms with Crippen LogP contribution in [0.4, 0.5) is 0 Å². The van der Waals surface area contributed by atoms with Crippen molar-refractivity contribution >= 4 is 28.6 Å². The van der Waals surface area contributed by atoms with Crippen LogP contribution in [0, 0.1) is 0 Å². The largest absolute Gasteiger partial charge is 0.497 e. The van der Waals surface area contributed by atoms with Gasteiger partial charge in [0.1, 0.15) is 11.4 Å². The van der Waals surface area contributed by atoms with Gasteiger partial charge < -0.3 is 24.5 Å². The van der Waals surface area contributed by atoms with Crippen LogP contribution >= 0.6 is 11.8 Å². The summed E-state index contributed by atoms with van der Waals surface area (Å²) in [7, 11) is 1.63. The van der Waals surface area contributed by atoms with E-state index in [4.69, 9.17) is 14.2 Å². The van der Waals surface area contributed by atoms with Gasteiger partial charge in [0.05, 0.1) is 17.5 Å².